The van der Waals surface area contributed by atoms with Crippen molar-refractivity contribution in [1.29, 1.82) is 0 Å². The second-order valence-corrected chi connectivity index (χ2v) is 5.24. The second-order valence-electron chi connectivity index (χ2n) is 5.24. The van der Waals surface area contributed by atoms with Gasteiger partial charge in [0.05, 0.1) is 17.7 Å². The number of carboxylic acids is 1. The lowest BCUT2D eigenvalue weighted by Crippen LogP contribution is -2.08. The van der Waals surface area contributed by atoms with Crippen molar-refractivity contribution in [3.8, 4) is 5.75 Å². The third-order valence-corrected chi connectivity index (χ3v) is 3.15. The van der Waals surface area contributed by atoms with Gasteiger partial charge in [-0.1, -0.05) is 13.8 Å². The SMILES string of the molecule is Cc1nn(C)c2ncc(C(=O)O)c(OCCC(C)C)c12. The van der Waals surface area contributed by atoms with Crippen molar-refractivity contribution in [2.24, 2.45) is 13.0 Å². The number of hydrogen-bond acceptors (Lipinski definition) is 4. The van der Waals surface area contributed by atoms with Gasteiger partial charge in [-0.15, -0.1) is 0 Å². The molecule has 0 unspecified atom stereocenters. The first-order valence-corrected chi connectivity index (χ1v) is 6.60. The molecule has 2 aromatic rings. The van der Waals surface area contributed by atoms with Crippen molar-refractivity contribution in [3.05, 3.63) is 17.5 Å². The van der Waals surface area contributed by atoms with Crippen LogP contribution < -0.4 is 4.74 Å². The number of fused-ring (bicyclic) bond motifs is 1. The van der Waals surface area contributed by atoms with Gasteiger partial charge in [-0.05, 0) is 19.3 Å². The molecule has 0 aromatic carbocycles. The van der Waals surface area contributed by atoms with Crippen LogP contribution in [0.2, 0.25) is 0 Å². The number of nitrogens with zero attached hydrogens (tertiary/aromatic N) is 3. The Labute approximate surface area is 117 Å². The minimum absolute atomic E-state index is 0.0809. The Morgan fingerprint density at radius 2 is 2.20 bits per heavy atom. The van der Waals surface area contributed by atoms with Crippen LogP contribution in [0.25, 0.3) is 11.0 Å². The smallest absolute Gasteiger partial charge is 0.341 e. The Bertz CT molecular complexity index is 647. The molecule has 0 radical (unpaired) electrons. The molecular formula is C14H19N3O3. The largest absolute Gasteiger partial charge is 0.492 e. The van der Waals surface area contributed by atoms with Crippen LogP contribution in [0.5, 0.6) is 5.75 Å². The molecule has 0 atom stereocenters. The molecular weight excluding hydrogens is 258 g/mol. The summed E-state index contributed by atoms with van der Waals surface area (Å²) in [6, 6.07) is 0. The topological polar surface area (TPSA) is 77.2 Å². The van der Waals surface area contributed by atoms with Crippen molar-refractivity contribution in [2.45, 2.75) is 27.2 Å². The summed E-state index contributed by atoms with van der Waals surface area (Å²) in [5.74, 6) is -0.174. The molecule has 0 amide bonds. The van der Waals surface area contributed by atoms with Crippen LogP contribution in [0.1, 0.15) is 36.3 Å². The van der Waals surface area contributed by atoms with E-state index in [1.807, 2.05) is 6.92 Å². The van der Waals surface area contributed by atoms with E-state index in [1.165, 1.54) is 6.20 Å². The van der Waals surface area contributed by atoms with Crippen LogP contribution in [0, 0.1) is 12.8 Å². The third-order valence-electron chi connectivity index (χ3n) is 3.15. The predicted molar refractivity (Wildman–Crippen MR) is 75.2 cm³/mol. The van der Waals surface area contributed by atoms with Crippen molar-refractivity contribution in [3.63, 3.8) is 0 Å². The molecule has 1 N–H and O–H groups in total. The van der Waals surface area contributed by atoms with Crippen LogP contribution in [-0.4, -0.2) is 32.4 Å². The van der Waals surface area contributed by atoms with Gasteiger partial charge in [0.15, 0.2) is 5.65 Å². The van der Waals surface area contributed by atoms with Crippen molar-refractivity contribution >= 4 is 17.0 Å². The minimum atomic E-state index is -1.04. The summed E-state index contributed by atoms with van der Waals surface area (Å²) in [6.45, 7) is 6.49. The van der Waals surface area contributed by atoms with Crippen LogP contribution in [0.4, 0.5) is 0 Å². The van der Waals surface area contributed by atoms with Crippen LogP contribution in [0.15, 0.2) is 6.20 Å². The molecule has 0 saturated heterocycles. The lowest BCUT2D eigenvalue weighted by Gasteiger charge is -2.11. The van der Waals surface area contributed by atoms with Gasteiger partial charge in [0, 0.05) is 13.2 Å². The molecule has 0 fully saturated rings. The van der Waals surface area contributed by atoms with E-state index in [1.54, 1.807) is 11.7 Å². The Morgan fingerprint density at radius 1 is 1.50 bits per heavy atom. The summed E-state index contributed by atoms with van der Waals surface area (Å²) in [7, 11) is 1.78. The number of ether oxygens (including phenoxy) is 1. The minimum Gasteiger partial charge on any atom is -0.492 e. The standard InChI is InChI=1S/C14H19N3O3/c1-8(2)5-6-20-12-10(14(18)19)7-15-13-11(12)9(3)16-17(13)4/h7-8H,5-6H2,1-4H3,(H,18,19). The Hall–Kier alpha value is -2.11. The number of hydrogen-bond donors (Lipinski definition) is 1. The van der Waals surface area contributed by atoms with Gasteiger partial charge in [0.2, 0.25) is 0 Å². The first-order chi connectivity index (χ1) is 9.41. The zero-order valence-corrected chi connectivity index (χ0v) is 12.2. The van der Waals surface area contributed by atoms with Gasteiger partial charge in [-0.3, -0.25) is 4.68 Å². The van der Waals surface area contributed by atoms with Gasteiger partial charge < -0.3 is 9.84 Å². The number of carbonyl (C=O) groups is 1. The predicted octanol–water partition coefficient (Wildman–Crippen LogP) is 2.40. The summed E-state index contributed by atoms with van der Waals surface area (Å²) in [6.07, 6.45) is 2.19. The fourth-order valence-corrected chi connectivity index (χ4v) is 2.08. The summed E-state index contributed by atoms with van der Waals surface area (Å²) in [5.41, 5.74) is 1.43. The normalized spacial score (nSPS) is 11.2. The fraction of sp³-hybridized carbons (Fsp3) is 0.500. The maximum atomic E-state index is 11.3. The highest BCUT2D eigenvalue weighted by Crippen LogP contribution is 2.31. The van der Waals surface area contributed by atoms with E-state index < -0.39 is 5.97 Å². The highest BCUT2D eigenvalue weighted by molar-refractivity contribution is 5.98. The zero-order chi connectivity index (χ0) is 14.9. The summed E-state index contributed by atoms with van der Waals surface area (Å²) in [4.78, 5) is 15.5. The van der Waals surface area contributed by atoms with E-state index in [0.717, 1.165) is 12.1 Å². The average Bonchev–Trinajstić information content (AvgIpc) is 2.64. The van der Waals surface area contributed by atoms with E-state index >= 15 is 0 Å². The van der Waals surface area contributed by atoms with Crippen molar-refractivity contribution in [1.82, 2.24) is 14.8 Å². The number of carboxylic acid groups (broad SMARTS) is 1. The molecule has 0 bridgehead atoms. The fourth-order valence-electron chi connectivity index (χ4n) is 2.08. The maximum absolute atomic E-state index is 11.3. The molecule has 2 heterocycles. The van der Waals surface area contributed by atoms with E-state index in [2.05, 4.69) is 23.9 Å². The summed E-state index contributed by atoms with van der Waals surface area (Å²) < 4.78 is 7.37. The Morgan fingerprint density at radius 3 is 2.80 bits per heavy atom. The first-order valence-electron chi connectivity index (χ1n) is 6.60. The van der Waals surface area contributed by atoms with E-state index in [0.29, 0.717) is 29.3 Å². The van der Waals surface area contributed by atoms with Gasteiger partial charge in [0.25, 0.3) is 0 Å². The number of aromatic carboxylic acids is 1. The number of pyridine rings is 1. The maximum Gasteiger partial charge on any atom is 0.341 e. The first kappa shape index (κ1) is 14.3. The van der Waals surface area contributed by atoms with Crippen LogP contribution >= 0.6 is 0 Å². The van der Waals surface area contributed by atoms with Crippen molar-refractivity contribution in [2.75, 3.05) is 6.61 Å². The quantitative estimate of drug-likeness (QED) is 0.908. The lowest BCUT2D eigenvalue weighted by molar-refractivity contribution is 0.0692. The van der Waals surface area contributed by atoms with Crippen LogP contribution in [0.3, 0.4) is 0 Å². The van der Waals surface area contributed by atoms with Crippen molar-refractivity contribution < 1.29 is 14.6 Å². The number of aromatic nitrogens is 3. The molecule has 0 spiro atoms. The van der Waals surface area contributed by atoms with E-state index in [4.69, 9.17) is 4.74 Å². The van der Waals surface area contributed by atoms with Gasteiger partial charge in [0.1, 0.15) is 11.3 Å². The molecule has 2 rings (SSSR count). The highest BCUT2D eigenvalue weighted by atomic mass is 16.5. The molecule has 2 aromatic heterocycles. The molecule has 0 aliphatic rings. The molecule has 6 nitrogen and oxygen atoms in total. The monoisotopic (exact) mass is 277 g/mol. The van der Waals surface area contributed by atoms with Gasteiger partial charge in [-0.2, -0.15) is 5.10 Å². The molecule has 0 aliphatic heterocycles. The summed E-state index contributed by atoms with van der Waals surface area (Å²) >= 11 is 0. The van der Waals surface area contributed by atoms with E-state index in [9.17, 15) is 9.90 Å². The number of rotatable bonds is 5. The van der Waals surface area contributed by atoms with E-state index in [-0.39, 0.29) is 5.56 Å². The average molecular weight is 277 g/mol. The molecule has 0 saturated carbocycles. The highest BCUT2D eigenvalue weighted by Gasteiger charge is 2.20. The third kappa shape index (κ3) is 2.59. The van der Waals surface area contributed by atoms with Gasteiger partial charge in [-0.25, -0.2) is 9.78 Å². The lowest BCUT2D eigenvalue weighted by atomic mass is 10.1. The molecule has 0 aliphatic carbocycles. The molecule has 108 valence electrons. The van der Waals surface area contributed by atoms with Crippen LogP contribution in [-0.2, 0) is 7.05 Å². The second kappa shape index (κ2) is 5.48. The summed E-state index contributed by atoms with van der Waals surface area (Å²) in [5, 5.41) is 14.2. The van der Waals surface area contributed by atoms with Gasteiger partial charge >= 0.3 is 5.97 Å². The Balaban J connectivity index is 2.51. The molecule has 20 heavy (non-hydrogen) atoms. The zero-order valence-electron chi connectivity index (χ0n) is 12.2. The Kier molecular flexibility index (Phi) is 3.92. The number of aryl methyl sites for hydroxylation is 2. The molecule has 6 heteroatoms.